The van der Waals surface area contributed by atoms with Crippen molar-refractivity contribution in [2.75, 3.05) is 53.0 Å². The lowest BCUT2D eigenvalue weighted by Gasteiger charge is -2.36. The highest BCUT2D eigenvalue weighted by Gasteiger charge is 2.31. The van der Waals surface area contributed by atoms with E-state index in [1.54, 1.807) is 7.11 Å². The van der Waals surface area contributed by atoms with E-state index < -0.39 is 0 Å². The predicted molar refractivity (Wildman–Crippen MR) is 139 cm³/mol. The molecule has 190 valence electrons. The van der Waals surface area contributed by atoms with Crippen molar-refractivity contribution in [1.82, 2.24) is 0 Å². The number of ether oxygens (including phenoxy) is 3. The molecule has 5 nitrogen and oxygen atoms in total. The van der Waals surface area contributed by atoms with Crippen molar-refractivity contribution in [2.45, 2.75) is 79.4 Å². The number of benzene rings is 1. The molecule has 0 aromatic heterocycles. The maximum absolute atomic E-state index is 7.00. The summed E-state index contributed by atoms with van der Waals surface area (Å²) < 4.78 is 17.4. The highest BCUT2D eigenvalue weighted by atomic mass is 16.5. The molecule has 1 N–H and O–H groups in total. The third kappa shape index (κ3) is 14.1. The molecule has 0 fully saturated rings. The van der Waals surface area contributed by atoms with Crippen molar-refractivity contribution in [2.24, 2.45) is 11.8 Å². The van der Waals surface area contributed by atoms with Crippen LogP contribution < -0.4 is 4.90 Å². The molecular formula is C27H53NO4. The number of aliphatic hydroxyl groups excluding tert-OH is 1. The average molecular weight is 456 g/mol. The lowest BCUT2D eigenvalue weighted by atomic mass is 9.91. The summed E-state index contributed by atoms with van der Waals surface area (Å²) >= 11 is 0. The van der Waals surface area contributed by atoms with Gasteiger partial charge in [0.05, 0.1) is 24.4 Å². The van der Waals surface area contributed by atoms with E-state index in [9.17, 15) is 0 Å². The Labute approximate surface area is 199 Å². The van der Waals surface area contributed by atoms with Crippen LogP contribution in [0.1, 0.15) is 66.9 Å². The Bertz CT molecular complexity index is 555. The fraction of sp³-hybridized carbons (Fsp3) is 0.778. The zero-order valence-electron chi connectivity index (χ0n) is 23.1. The van der Waals surface area contributed by atoms with Gasteiger partial charge >= 0.3 is 0 Å². The minimum Gasteiger partial charge on any atom is -0.400 e. The maximum Gasteiger partial charge on any atom is 0.0674 e. The van der Waals surface area contributed by atoms with E-state index in [4.69, 9.17) is 19.3 Å². The van der Waals surface area contributed by atoms with E-state index in [1.165, 1.54) is 17.7 Å². The number of hydrogen-bond acceptors (Lipinski definition) is 5. The van der Waals surface area contributed by atoms with Gasteiger partial charge in [-0.1, -0.05) is 44.9 Å². The first kappa shape index (κ1) is 33.0. The monoisotopic (exact) mass is 455 g/mol. The van der Waals surface area contributed by atoms with Gasteiger partial charge in [0.2, 0.25) is 0 Å². The van der Waals surface area contributed by atoms with Crippen LogP contribution in [0.15, 0.2) is 24.3 Å². The SMILES string of the molecule is CCCCOCC(C)C(C)(C)OCC(C)C(C)(C)OC.CO.Cc1ccc(N(C)C)cc1. The van der Waals surface area contributed by atoms with Crippen molar-refractivity contribution < 1.29 is 19.3 Å². The van der Waals surface area contributed by atoms with Crippen LogP contribution in [0.4, 0.5) is 5.69 Å². The molecule has 0 heterocycles. The van der Waals surface area contributed by atoms with Gasteiger partial charge in [0.1, 0.15) is 0 Å². The number of aryl methyl sites for hydroxylation is 1. The molecule has 0 saturated heterocycles. The molecule has 0 aliphatic heterocycles. The standard InChI is InChI=1S/C17H36O3.C9H13N.CH4O/c1-9-10-11-19-12-14(2)17(6,7)20-13-15(3)16(4,5)18-8;1-8-4-6-9(7-5-8)10(2)3;1-2/h14-15H,9-13H2,1-8H3;4-7H,1-3H3;2H,1H3. The Kier molecular flexibility index (Phi) is 17.9. The van der Waals surface area contributed by atoms with Gasteiger partial charge in [-0.05, 0) is 53.2 Å². The molecule has 0 radical (unpaired) electrons. The summed E-state index contributed by atoms with van der Waals surface area (Å²) in [4.78, 5) is 2.10. The van der Waals surface area contributed by atoms with Crippen molar-refractivity contribution in [3.8, 4) is 0 Å². The van der Waals surface area contributed by atoms with Gasteiger partial charge in [0.25, 0.3) is 0 Å². The van der Waals surface area contributed by atoms with Crippen LogP contribution in [-0.4, -0.2) is 64.4 Å². The van der Waals surface area contributed by atoms with Gasteiger partial charge in [-0.2, -0.15) is 0 Å². The molecule has 0 spiro atoms. The van der Waals surface area contributed by atoms with Gasteiger partial charge in [-0.15, -0.1) is 0 Å². The minimum atomic E-state index is -0.176. The summed E-state index contributed by atoms with van der Waals surface area (Å²) in [6, 6.07) is 8.48. The summed E-state index contributed by atoms with van der Waals surface area (Å²) in [5, 5.41) is 7.00. The molecule has 5 heteroatoms. The molecule has 1 rings (SSSR count). The molecule has 0 bridgehead atoms. The molecule has 0 saturated carbocycles. The lowest BCUT2D eigenvalue weighted by Crippen LogP contribution is -2.41. The van der Waals surface area contributed by atoms with E-state index in [1.807, 2.05) is 14.1 Å². The second kappa shape index (κ2) is 17.4. The molecule has 0 aliphatic carbocycles. The van der Waals surface area contributed by atoms with Gasteiger partial charge in [0.15, 0.2) is 0 Å². The Morgan fingerprint density at radius 2 is 1.41 bits per heavy atom. The van der Waals surface area contributed by atoms with Crippen LogP contribution in [0.5, 0.6) is 0 Å². The van der Waals surface area contributed by atoms with E-state index in [2.05, 4.69) is 84.6 Å². The van der Waals surface area contributed by atoms with Crippen LogP contribution in [0.2, 0.25) is 0 Å². The molecular weight excluding hydrogens is 402 g/mol. The second-order valence-corrected chi connectivity index (χ2v) is 9.68. The van der Waals surface area contributed by atoms with Crippen molar-refractivity contribution >= 4 is 5.69 Å². The van der Waals surface area contributed by atoms with Gasteiger partial charge in [-0.3, -0.25) is 0 Å². The molecule has 2 unspecified atom stereocenters. The van der Waals surface area contributed by atoms with Crippen LogP contribution in [0, 0.1) is 18.8 Å². The molecule has 1 aromatic rings. The number of anilines is 1. The summed E-state index contributed by atoms with van der Waals surface area (Å²) in [6.45, 7) is 19.4. The number of aliphatic hydroxyl groups is 1. The molecule has 32 heavy (non-hydrogen) atoms. The Morgan fingerprint density at radius 3 is 1.84 bits per heavy atom. The predicted octanol–water partition coefficient (Wildman–Crippen LogP) is 5.97. The second-order valence-electron chi connectivity index (χ2n) is 9.68. The Balaban J connectivity index is 0. The topological polar surface area (TPSA) is 51.2 Å². The zero-order valence-corrected chi connectivity index (χ0v) is 23.1. The normalized spacial score (nSPS) is 13.3. The van der Waals surface area contributed by atoms with E-state index in [0.29, 0.717) is 18.4 Å². The third-order valence-corrected chi connectivity index (χ3v) is 6.17. The lowest BCUT2D eigenvalue weighted by molar-refractivity contribution is -0.119. The minimum absolute atomic E-state index is 0.156. The molecule has 0 amide bonds. The number of methoxy groups -OCH3 is 1. The van der Waals surface area contributed by atoms with Gasteiger partial charge in [-0.25, -0.2) is 0 Å². The highest BCUT2D eigenvalue weighted by molar-refractivity contribution is 5.45. The fourth-order valence-corrected chi connectivity index (χ4v) is 2.43. The van der Waals surface area contributed by atoms with Crippen LogP contribution in [0.3, 0.4) is 0 Å². The first-order valence-corrected chi connectivity index (χ1v) is 11.8. The first-order valence-electron chi connectivity index (χ1n) is 11.8. The smallest absolute Gasteiger partial charge is 0.0674 e. The Morgan fingerprint density at radius 1 is 0.906 bits per heavy atom. The summed E-state index contributed by atoms with van der Waals surface area (Å²) in [7, 11) is 6.85. The van der Waals surface area contributed by atoms with E-state index in [-0.39, 0.29) is 11.2 Å². The van der Waals surface area contributed by atoms with Crippen molar-refractivity contribution in [3.63, 3.8) is 0 Å². The highest BCUT2D eigenvalue weighted by Crippen LogP contribution is 2.26. The van der Waals surface area contributed by atoms with E-state index in [0.717, 1.165) is 26.7 Å². The van der Waals surface area contributed by atoms with Gasteiger partial charge in [0, 0.05) is 52.4 Å². The number of unbranched alkanes of at least 4 members (excludes halogenated alkanes) is 1. The van der Waals surface area contributed by atoms with Gasteiger partial charge < -0.3 is 24.2 Å². The maximum atomic E-state index is 7.00. The average Bonchev–Trinajstić information content (AvgIpc) is 2.77. The zero-order chi connectivity index (χ0) is 25.4. The molecule has 0 aliphatic rings. The fourth-order valence-electron chi connectivity index (χ4n) is 2.43. The molecule has 1 aromatic carbocycles. The summed E-state index contributed by atoms with van der Waals surface area (Å²) in [5.41, 5.74) is 2.23. The largest absolute Gasteiger partial charge is 0.400 e. The van der Waals surface area contributed by atoms with Crippen LogP contribution in [-0.2, 0) is 14.2 Å². The van der Waals surface area contributed by atoms with Crippen molar-refractivity contribution in [1.29, 1.82) is 0 Å². The third-order valence-electron chi connectivity index (χ3n) is 6.17. The van der Waals surface area contributed by atoms with Crippen LogP contribution in [0.25, 0.3) is 0 Å². The first-order chi connectivity index (χ1) is 14.9. The van der Waals surface area contributed by atoms with Crippen molar-refractivity contribution in [3.05, 3.63) is 29.8 Å². The summed E-state index contributed by atoms with van der Waals surface area (Å²) in [5.74, 6) is 0.720. The Hall–Kier alpha value is -1.14. The van der Waals surface area contributed by atoms with E-state index >= 15 is 0 Å². The summed E-state index contributed by atoms with van der Waals surface area (Å²) in [6.07, 6.45) is 2.31. The number of hydrogen-bond donors (Lipinski definition) is 1. The number of rotatable bonds is 12. The number of nitrogens with zero attached hydrogens (tertiary/aromatic N) is 1. The quantitative estimate of drug-likeness (QED) is 0.394. The van der Waals surface area contributed by atoms with Crippen LogP contribution >= 0.6 is 0 Å². The molecule has 2 atom stereocenters.